The lowest BCUT2D eigenvalue weighted by Gasteiger charge is -2.53. The number of carbonyl (C=O) groups is 5. The first-order valence-electron chi connectivity index (χ1n) is 12.2. The minimum absolute atomic E-state index is 0.0406. The third-order valence-corrected chi connectivity index (χ3v) is 9.90. The second-order valence-electron chi connectivity index (χ2n) is 10.3. The van der Waals surface area contributed by atoms with Crippen LogP contribution in [0.1, 0.15) is 26.5 Å². The molecular weight excluding hydrogens is 671 g/mol. The second kappa shape index (κ2) is 12.8. The average molecular weight is 696 g/mol. The second-order valence-corrected chi connectivity index (χ2v) is 14.2. The number of aromatic nitrogens is 5. The number of nitrogens with one attached hydrogen (secondary N) is 2. The predicted octanol–water partition coefficient (Wildman–Crippen LogP) is 1.97. The van der Waals surface area contributed by atoms with Gasteiger partial charge in [0.15, 0.2) is 5.13 Å². The van der Waals surface area contributed by atoms with Crippen LogP contribution in [0.15, 0.2) is 15.0 Å². The fourth-order valence-corrected chi connectivity index (χ4v) is 7.78. The summed E-state index contributed by atoms with van der Waals surface area (Å²) in [6.07, 6.45) is -0.746. The Morgan fingerprint density at radius 2 is 1.98 bits per heavy atom. The lowest BCUT2D eigenvalue weighted by molar-refractivity contribution is -0.157. The molecular formula is C22H24Cl2N8O8S3. The van der Waals surface area contributed by atoms with Crippen LogP contribution in [0.4, 0.5) is 9.93 Å². The molecule has 16 nitrogen and oxygen atoms in total. The Morgan fingerprint density at radius 1 is 1.26 bits per heavy atom. The summed E-state index contributed by atoms with van der Waals surface area (Å²) >= 11 is 15.1. The van der Waals surface area contributed by atoms with Crippen LogP contribution in [-0.2, 0) is 30.5 Å². The van der Waals surface area contributed by atoms with Crippen molar-refractivity contribution in [1.29, 1.82) is 0 Å². The van der Waals surface area contributed by atoms with Crippen LogP contribution in [0, 0.1) is 5.41 Å². The highest BCUT2D eigenvalue weighted by atomic mass is 35.5. The highest BCUT2D eigenvalue weighted by Gasteiger charge is 2.57. The molecule has 0 spiro atoms. The maximum Gasteiger partial charge on any atom is 0.413 e. The first-order valence-corrected chi connectivity index (χ1v) is 15.9. The van der Waals surface area contributed by atoms with Crippen LogP contribution in [0.3, 0.4) is 0 Å². The summed E-state index contributed by atoms with van der Waals surface area (Å²) in [6, 6.07) is -0.986. The third kappa shape index (κ3) is 7.51. The molecule has 2 unspecified atom stereocenters. The number of β-lactam (4-membered cyclic amide) rings is 1. The number of fused-ring (bicyclic) bond motifs is 1. The van der Waals surface area contributed by atoms with Crippen LogP contribution in [0.25, 0.3) is 5.57 Å². The smallest absolute Gasteiger partial charge is 0.413 e. The highest BCUT2D eigenvalue weighted by molar-refractivity contribution is 8.00. The molecule has 232 valence electrons. The van der Waals surface area contributed by atoms with Crippen molar-refractivity contribution >= 4 is 98.6 Å². The predicted molar refractivity (Wildman–Crippen MR) is 157 cm³/mol. The number of ether oxygens (including phenoxy) is 1. The Labute approximate surface area is 265 Å². The van der Waals surface area contributed by atoms with Gasteiger partial charge in [-0.05, 0) is 31.2 Å². The van der Waals surface area contributed by atoms with E-state index < -0.39 is 63.3 Å². The topological polar surface area (TPSA) is 219 Å². The average Bonchev–Trinajstić information content (AvgIpc) is 3.53. The molecule has 2 aromatic heterocycles. The van der Waals surface area contributed by atoms with Crippen molar-refractivity contribution in [2.75, 3.05) is 23.4 Å². The zero-order valence-electron chi connectivity index (χ0n) is 22.6. The quantitative estimate of drug-likeness (QED) is 0.159. The van der Waals surface area contributed by atoms with Gasteiger partial charge in [0.2, 0.25) is 11.1 Å². The van der Waals surface area contributed by atoms with Crippen molar-refractivity contribution in [3.63, 3.8) is 0 Å². The Balaban J connectivity index is 1.40. The Kier molecular flexibility index (Phi) is 9.79. The molecule has 3 atom stereocenters. The van der Waals surface area contributed by atoms with E-state index in [-0.39, 0.29) is 39.6 Å². The monoisotopic (exact) mass is 694 g/mol. The number of carboxylic acids is 2. The Hall–Kier alpha value is -3.13. The van der Waals surface area contributed by atoms with Crippen molar-refractivity contribution in [1.82, 2.24) is 35.4 Å². The highest BCUT2D eigenvalue weighted by Crippen LogP contribution is 2.44. The third-order valence-electron chi connectivity index (χ3n) is 5.93. The van der Waals surface area contributed by atoms with Gasteiger partial charge in [-0.25, -0.2) is 14.5 Å². The maximum atomic E-state index is 13.2. The number of halogens is 2. The number of carboxylic acid groups (broad SMARTS) is 2. The van der Waals surface area contributed by atoms with E-state index in [1.807, 2.05) is 0 Å². The van der Waals surface area contributed by atoms with Crippen LogP contribution in [-0.4, -0.2) is 105 Å². The van der Waals surface area contributed by atoms with Gasteiger partial charge in [0.1, 0.15) is 33.5 Å². The first-order chi connectivity index (χ1) is 20.1. The van der Waals surface area contributed by atoms with Crippen molar-refractivity contribution in [3.05, 3.63) is 15.6 Å². The lowest BCUT2D eigenvalue weighted by Crippen LogP contribution is -2.74. The van der Waals surface area contributed by atoms with Crippen LogP contribution in [0.2, 0.25) is 0 Å². The maximum absolute atomic E-state index is 13.2. The summed E-state index contributed by atoms with van der Waals surface area (Å²) in [5.74, 6) is -3.57. The Bertz CT molecular complexity index is 1490. The van der Waals surface area contributed by atoms with Gasteiger partial charge in [0, 0.05) is 23.4 Å². The largest absolute Gasteiger partial charge is 0.481 e. The van der Waals surface area contributed by atoms with E-state index in [0.717, 1.165) is 27.8 Å². The first kappa shape index (κ1) is 32.8. The van der Waals surface area contributed by atoms with E-state index in [9.17, 15) is 29.1 Å². The fourth-order valence-electron chi connectivity index (χ4n) is 3.99. The van der Waals surface area contributed by atoms with E-state index in [1.165, 1.54) is 22.0 Å². The standard InChI is InChI=1S/C22H24Cl2N8O8S3/c1-21(2,3)40-20(39)27-18-25-9(5-41-18)11(13(23)24)14(35)26-12-15(36)31-6-22(17(37)38,7-42-16(12)31)8-43-19-28-29-30-32(19)4-10(33)34/h5,12,16H,4,6-8H2,1-3H3,(H,26,35)(H,33,34)(H,37,38)(H,25,27,39)/t12?,16-,22?/m1/s1. The number of tetrazole rings is 1. The molecule has 2 aromatic rings. The molecule has 43 heavy (non-hydrogen) atoms. The molecule has 4 N–H and O–H groups in total. The SMILES string of the molecule is CC(C)(C)OC(=O)Nc1nc(C(C(=O)NC2C(=O)N3CC(CSc4nnnn4CC(=O)O)(C(=O)O)CS[C@H]23)=C(Cl)Cl)cs1. The van der Waals surface area contributed by atoms with E-state index in [2.05, 4.69) is 31.1 Å². The molecule has 21 heteroatoms. The molecule has 4 rings (SSSR count). The molecule has 0 aliphatic carbocycles. The number of amides is 3. The fraction of sp³-hybridized carbons (Fsp3) is 0.500. The number of thiazole rings is 1. The van der Waals surface area contributed by atoms with E-state index in [0.29, 0.717) is 0 Å². The van der Waals surface area contributed by atoms with Gasteiger partial charge in [-0.3, -0.25) is 24.5 Å². The molecule has 3 amide bonds. The van der Waals surface area contributed by atoms with Crippen molar-refractivity contribution in [3.8, 4) is 0 Å². The van der Waals surface area contributed by atoms with E-state index >= 15 is 0 Å². The normalized spacial score (nSPS) is 21.3. The molecule has 2 saturated heterocycles. The van der Waals surface area contributed by atoms with Crippen LogP contribution >= 0.6 is 58.1 Å². The molecule has 2 aliphatic rings. The molecule has 2 fully saturated rings. The number of carbonyl (C=O) groups excluding carboxylic acids is 3. The van der Waals surface area contributed by atoms with Gasteiger partial charge < -0.3 is 25.2 Å². The lowest BCUT2D eigenvalue weighted by atomic mass is 9.89. The van der Waals surface area contributed by atoms with E-state index in [4.69, 9.17) is 33.0 Å². The number of nitrogens with zero attached hydrogens (tertiary/aromatic N) is 6. The van der Waals surface area contributed by atoms with Crippen molar-refractivity contribution in [2.45, 2.75) is 49.5 Å². The molecule has 2 aliphatic heterocycles. The molecule has 0 bridgehead atoms. The van der Waals surface area contributed by atoms with Gasteiger partial charge in [-0.2, -0.15) is 0 Å². The molecule has 0 saturated carbocycles. The number of anilines is 1. The summed E-state index contributed by atoms with van der Waals surface area (Å²) in [5, 5.41) is 36.1. The van der Waals surface area contributed by atoms with Crippen LogP contribution < -0.4 is 10.6 Å². The number of thioether (sulfide) groups is 2. The van der Waals surface area contributed by atoms with Gasteiger partial charge >= 0.3 is 18.0 Å². The summed E-state index contributed by atoms with van der Waals surface area (Å²) in [4.78, 5) is 67.2. The van der Waals surface area contributed by atoms with Gasteiger partial charge in [-0.15, -0.1) is 28.2 Å². The summed E-state index contributed by atoms with van der Waals surface area (Å²) in [6.45, 7) is 4.45. The molecule has 4 heterocycles. The molecule has 0 aromatic carbocycles. The Morgan fingerprint density at radius 3 is 2.60 bits per heavy atom. The minimum Gasteiger partial charge on any atom is -0.481 e. The summed E-state index contributed by atoms with van der Waals surface area (Å²) in [7, 11) is 0. The number of hydrogen-bond acceptors (Lipinski definition) is 13. The summed E-state index contributed by atoms with van der Waals surface area (Å²) < 4.78 is 5.80. The van der Waals surface area contributed by atoms with Crippen LogP contribution in [0.5, 0.6) is 0 Å². The van der Waals surface area contributed by atoms with Gasteiger partial charge in [0.05, 0.1) is 11.3 Å². The van der Waals surface area contributed by atoms with Gasteiger partial charge in [-0.1, -0.05) is 35.0 Å². The zero-order chi connectivity index (χ0) is 31.7. The number of aliphatic carboxylic acids is 2. The molecule has 0 radical (unpaired) electrons. The summed E-state index contributed by atoms with van der Waals surface area (Å²) in [5.41, 5.74) is -2.29. The number of rotatable bonds is 10. The van der Waals surface area contributed by atoms with Crippen molar-refractivity contribution in [2.24, 2.45) is 5.41 Å². The zero-order valence-corrected chi connectivity index (χ0v) is 26.5. The minimum atomic E-state index is -1.39. The number of hydrogen-bond donors (Lipinski definition) is 4. The van der Waals surface area contributed by atoms with Crippen molar-refractivity contribution < 1.29 is 38.9 Å². The van der Waals surface area contributed by atoms with Gasteiger partial charge in [0.25, 0.3) is 5.91 Å². The van der Waals surface area contributed by atoms with E-state index in [1.54, 1.807) is 20.8 Å².